The number of rotatable bonds is 54. The van der Waals surface area contributed by atoms with Crippen molar-refractivity contribution in [1.29, 1.82) is 0 Å². The summed E-state index contributed by atoms with van der Waals surface area (Å²) in [6.45, 7) is 4.24. The molecule has 442 valence electrons. The quantitative estimate of drug-likeness (QED) is 0.0195. The zero-order chi connectivity index (χ0) is 55.2. The maximum Gasteiger partial charge on any atom is 0.305 e. The standard InChI is InChI=1S/C65H117NO10/c1-3-5-7-9-11-13-14-15-26-30-33-37-41-45-49-53-61(70)74-54-50-46-42-38-34-31-28-25-23-21-19-17-16-18-20-22-24-27-29-32-36-40-44-48-52-60(69)66-57(58(68)51-47-43-39-35-12-10-8-6-4-2)56-75-65-64(73)63(72)62(71)59(55-67)76-65/h11-13,15,18,20,26,35,47,51,57-59,62-65,67-68,71-73H,3-10,14,16-17,19,21-25,27-34,36-46,48-50,52-56H2,1-2H3,(H,66,69)/b13-11-,20-18-,26-15-,35-12+,51-47+. The van der Waals surface area contributed by atoms with E-state index in [9.17, 15) is 35.1 Å². The van der Waals surface area contributed by atoms with Crippen molar-refractivity contribution >= 4 is 11.9 Å². The van der Waals surface area contributed by atoms with Gasteiger partial charge in [0.25, 0.3) is 0 Å². The molecule has 11 heteroatoms. The summed E-state index contributed by atoms with van der Waals surface area (Å²) in [5, 5.41) is 54.2. The lowest BCUT2D eigenvalue weighted by atomic mass is 9.99. The number of nitrogens with one attached hydrogen (secondary N) is 1. The monoisotopic (exact) mass is 1070 g/mol. The van der Waals surface area contributed by atoms with E-state index in [1.54, 1.807) is 6.08 Å². The summed E-state index contributed by atoms with van der Waals surface area (Å²) in [6.07, 6.45) is 60.6. The number of carbonyl (C=O) groups excluding carboxylic acids is 2. The Labute approximate surface area is 465 Å². The number of hydrogen-bond donors (Lipinski definition) is 6. The third-order valence-corrected chi connectivity index (χ3v) is 14.6. The number of ether oxygens (including phenoxy) is 3. The van der Waals surface area contributed by atoms with Crippen LogP contribution in [0.4, 0.5) is 0 Å². The predicted octanol–water partition coefficient (Wildman–Crippen LogP) is 15.0. The molecule has 0 radical (unpaired) electrons. The summed E-state index contributed by atoms with van der Waals surface area (Å²) >= 11 is 0. The molecule has 7 unspecified atom stereocenters. The van der Waals surface area contributed by atoms with Crippen LogP contribution in [0, 0.1) is 0 Å². The summed E-state index contributed by atoms with van der Waals surface area (Å²) in [7, 11) is 0. The van der Waals surface area contributed by atoms with Crippen LogP contribution in [-0.4, -0.2) is 100 Å². The number of carbonyl (C=O) groups is 2. The third kappa shape index (κ3) is 43.3. The van der Waals surface area contributed by atoms with Gasteiger partial charge in [-0.2, -0.15) is 0 Å². The van der Waals surface area contributed by atoms with Gasteiger partial charge in [0, 0.05) is 12.8 Å². The van der Waals surface area contributed by atoms with Gasteiger partial charge in [-0.05, 0) is 103 Å². The van der Waals surface area contributed by atoms with Crippen molar-refractivity contribution < 1.29 is 49.3 Å². The van der Waals surface area contributed by atoms with E-state index in [4.69, 9.17) is 14.2 Å². The zero-order valence-corrected chi connectivity index (χ0v) is 48.7. The number of hydrogen-bond acceptors (Lipinski definition) is 10. The first-order chi connectivity index (χ1) is 37.2. The number of esters is 1. The highest BCUT2D eigenvalue weighted by atomic mass is 16.7. The van der Waals surface area contributed by atoms with Crippen molar-refractivity contribution in [3.8, 4) is 0 Å². The van der Waals surface area contributed by atoms with Crippen LogP contribution >= 0.6 is 0 Å². The first kappa shape index (κ1) is 71.4. The van der Waals surface area contributed by atoms with E-state index in [1.165, 1.54) is 161 Å². The SMILES string of the molecule is CCCCC/C=C\C/C=C\CCCCCCCC(=O)OCCCCCCCCCCCCCC/C=C\CCCCCCCCCCC(=O)NC(COC1OC(CO)C(O)C(O)C1O)C(O)/C=C/CC/C=C/CCCCC. The Morgan fingerprint density at radius 2 is 0.895 bits per heavy atom. The molecule has 1 aliphatic rings. The fourth-order valence-electron chi connectivity index (χ4n) is 9.53. The lowest BCUT2D eigenvalue weighted by molar-refractivity contribution is -0.302. The molecule has 0 aromatic heterocycles. The molecular formula is C65H117NO10. The normalized spacial score (nSPS) is 19.1. The summed E-state index contributed by atoms with van der Waals surface area (Å²) < 4.78 is 16.7. The van der Waals surface area contributed by atoms with Crippen molar-refractivity contribution in [3.63, 3.8) is 0 Å². The van der Waals surface area contributed by atoms with Crippen LogP contribution in [0.2, 0.25) is 0 Å². The zero-order valence-electron chi connectivity index (χ0n) is 48.7. The molecule has 1 aliphatic heterocycles. The first-order valence-corrected chi connectivity index (χ1v) is 31.6. The van der Waals surface area contributed by atoms with Crippen molar-refractivity contribution in [3.05, 3.63) is 60.8 Å². The number of aliphatic hydroxyl groups is 5. The predicted molar refractivity (Wildman–Crippen MR) is 315 cm³/mol. The summed E-state index contributed by atoms with van der Waals surface area (Å²) in [5.41, 5.74) is 0. The van der Waals surface area contributed by atoms with Crippen molar-refractivity contribution in [2.75, 3.05) is 19.8 Å². The summed E-state index contributed by atoms with van der Waals surface area (Å²) in [6, 6.07) is -0.830. The topological polar surface area (TPSA) is 175 Å². The lowest BCUT2D eigenvalue weighted by Gasteiger charge is -2.40. The van der Waals surface area contributed by atoms with E-state index < -0.39 is 49.5 Å². The molecule has 1 rings (SSSR count). The van der Waals surface area contributed by atoms with Crippen LogP contribution in [0.15, 0.2) is 60.8 Å². The second kappa shape index (κ2) is 54.3. The molecule has 1 saturated heterocycles. The largest absolute Gasteiger partial charge is 0.466 e. The van der Waals surface area contributed by atoms with Gasteiger partial charge < -0.3 is 45.1 Å². The van der Waals surface area contributed by atoms with Crippen LogP contribution in [0.3, 0.4) is 0 Å². The Morgan fingerprint density at radius 3 is 1.38 bits per heavy atom. The average molecular weight is 1070 g/mol. The Morgan fingerprint density at radius 1 is 0.487 bits per heavy atom. The van der Waals surface area contributed by atoms with Crippen LogP contribution in [0.1, 0.15) is 277 Å². The van der Waals surface area contributed by atoms with Crippen LogP contribution < -0.4 is 5.32 Å². The molecule has 1 fully saturated rings. The molecule has 1 heterocycles. The smallest absolute Gasteiger partial charge is 0.305 e. The summed E-state index contributed by atoms with van der Waals surface area (Å²) in [5.74, 6) is -0.214. The maximum absolute atomic E-state index is 13.0. The molecular weight excluding hydrogens is 955 g/mol. The minimum Gasteiger partial charge on any atom is -0.466 e. The third-order valence-electron chi connectivity index (χ3n) is 14.6. The van der Waals surface area contributed by atoms with Gasteiger partial charge in [-0.15, -0.1) is 0 Å². The second-order valence-corrected chi connectivity index (χ2v) is 21.7. The number of unbranched alkanes of at least 4 members (excludes halogenated alkanes) is 32. The minimum atomic E-state index is -1.58. The van der Waals surface area contributed by atoms with Gasteiger partial charge in [0.15, 0.2) is 6.29 Å². The van der Waals surface area contributed by atoms with Crippen molar-refractivity contribution in [1.82, 2.24) is 5.32 Å². The van der Waals surface area contributed by atoms with E-state index >= 15 is 0 Å². The molecule has 1 amide bonds. The van der Waals surface area contributed by atoms with Gasteiger partial charge in [-0.25, -0.2) is 0 Å². The molecule has 11 nitrogen and oxygen atoms in total. The molecule has 0 aliphatic carbocycles. The Hall–Kier alpha value is -2.64. The van der Waals surface area contributed by atoms with Gasteiger partial charge in [0.1, 0.15) is 24.4 Å². The van der Waals surface area contributed by atoms with E-state index in [2.05, 4.69) is 67.8 Å². The average Bonchev–Trinajstić information content (AvgIpc) is 3.42. The molecule has 0 aromatic rings. The van der Waals surface area contributed by atoms with Crippen molar-refractivity contribution in [2.45, 2.75) is 320 Å². The molecule has 0 saturated carbocycles. The van der Waals surface area contributed by atoms with Gasteiger partial charge in [-0.3, -0.25) is 9.59 Å². The minimum absolute atomic E-state index is 0.0138. The van der Waals surface area contributed by atoms with Gasteiger partial charge in [-0.1, -0.05) is 222 Å². The van der Waals surface area contributed by atoms with E-state index in [0.717, 1.165) is 89.9 Å². The fraction of sp³-hybridized carbons (Fsp3) is 0.815. The highest BCUT2D eigenvalue weighted by Gasteiger charge is 2.44. The van der Waals surface area contributed by atoms with Gasteiger partial charge in [0.2, 0.25) is 5.91 Å². The van der Waals surface area contributed by atoms with Crippen LogP contribution in [-0.2, 0) is 23.8 Å². The lowest BCUT2D eigenvalue weighted by Crippen LogP contribution is -2.60. The Balaban J connectivity index is 1.98. The summed E-state index contributed by atoms with van der Waals surface area (Å²) in [4.78, 5) is 25.1. The fourth-order valence-corrected chi connectivity index (χ4v) is 9.53. The molecule has 7 atom stereocenters. The molecule has 76 heavy (non-hydrogen) atoms. The highest BCUT2D eigenvalue weighted by molar-refractivity contribution is 5.76. The van der Waals surface area contributed by atoms with Crippen LogP contribution in [0.5, 0.6) is 0 Å². The molecule has 0 aromatic carbocycles. The van der Waals surface area contributed by atoms with Gasteiger partial charge >= 0.3 is 5.97 Å². The van der Waals surface area contributed by atoms with E-state index in [1.807, 2.05) is 6.08 Å². The van der Waals surface area contributed by atoms with Crippen molar-refractivity contribution in [2.24, 2.45) is 0 Å². The Bertz CT molecular complexity index is 1450. The molecule has 6 N–H and O–H groups in total. The molecule has 0 spiro atoms. The van der Waals surface area contributed by atoms with E-state index in [0.29, 0.717) is 19.4 Å². The first-order valence-electron chi connectivity index (χ1n) is 31.6. The number of aliphatic hydroxyl groups excluding tert-OH is 5. The Kier molecular flexibility index (Phi) is 51.0. The number of amides is 1. The molecule has 0 bridgehead atoms. The number of allylic oxidation sites excluding steroid dienone is 9. The van der Waals surface area contributed by atoms with Gasteiger partial charge in [0.05, 0.1) is 32.0 Å². The maximum atomic E-state index is 13.0. The van der Waals surface area contributed by atoms with E-state index in [-0.39, 0.29) is 18.5 Å². The highest BCUT2D eigenvalue weighted by Crippen LogP contribution is 2.23. The second-order valence-electron chi connectivity index (χ2n) is 21.7. The van der Waals surface area contributed by atoms with Crippen LogP contribution in [0.25, 0.3) is 0 Å².